The van der Waals surface area contributed by atoms with Gasteiger partial charge >= 0.3 is 29.6 Å². The summed E-state index contributed by atoms with van der Waals surface area (Å²) < 4.78 is 21.2. The van der Waals surface area contributed by atoms with E-state index < -0.39 is 11.1 Å². The molecule has 2 heterocycles. The number of halogens is 1. The van der Waals surface area contributed by atoms with Crippen LogP contribution in [0.15, 0.2) is 25.1 Å². The van der Waals surface area contributed by atoms with Gasteiger partial charge in [-0.2, -0.15) is 0 Å². The number of aliphatic imine (C=N–C) groups is 4. The fourth-order valence-corrected chi connectivity index (χ4v) is 3.83. The van der Waals surface area contributed by atoms with Gasteiger partial charge in [0.2, 0.25) is 23.6 Å². The van der Waals surface area contributed by atoms with Crippen molar-refractivity contribution in [3.8, 4) is 0 Å². The fourth-order valence-electron chi connectivity index (χ4n) is 3.46. The molecule has 0 saturated carbocycles. The van der Waals surface area contributed by atoms with Gasteiger partial charge in [-0.15, -0.1) is 0 Å². The molecular weight excluding hydrogens is 571 g/mol. The number of nitrogens with zero attached hydrogens (tertiary/aromatic N) is 10. The van der Waals surface area contributed by atoms with E-state index in [1.807, 2.05) is 20.8 Å². The minimum Gasteiger partial charge on any atom is -0.483 e. The molecule has 4 atom stereocenters. The minimum absolute atomic E-state index is 0. The summed E-state index contributed by atoms with van der Waals surface area (Å²) in [5, 5.41) is 4.22. The van der Waals surface area contributed by atoms with Crippen LogP contribution in [-0.2, 0) is 18.9 Å². The molecule has 0 N–H and O–H groups in total. The maximum Gasteiger partial charge on any atom is 1.00 e. The van der Waals surface area contributed by atoms with Crippen LogP contribution in [0, 0.1) is 11.8 Å². The largest absolute Gasteiger partial charge is 1.00 e. The van der Waals surface area contributed by atoms with Crippen molar-refractivity contribution >= 4 is 39.5 Å². The predicted octanol–water partition coefficient (Wildman–Crippen LogP) is 2.32. The van der Waals surface area contributed by atoms with Crippen LogP contribution >= 0.6 is 15.9 Å². The van der Waals surface area contributed by atoms with Crippen LogP contribution in [-0.4, -0.2) is 87.1 Å². The Morgan fingerprint density at radius 1 is 0.816 bits per heavy atom. The van der Waals surface area contributed by atoms with Crippen molar-refractivity contribution in [3.63, 3.8) is 0 Å². The van der Waals surface area contributed by atoms with Gasteiger partial charge in [-0.25, -0.2) is 20.0 Å². The Kier molecular flexibility index (Phi) is 18.4. The van der Waals surface area contributed by atoms with E-state index in [9.17, 15) is 0 Å². The van der Waals surface area contributed by atoms with Crippen LogP contribution < -0.4 is 29.6 Å². The molecule has 0 aromatic carbocycles. The Balaban J connectivity index is 0. The second-order valence-electron chi connectivity index (χ2n) is 9.12. The summed E-state index contributed by atoms with van der Waals surface area (Å²) in [4.78, 5) is 22.4. The number of ether oxygens (including phenoxy) is 4. The maximum absolute atomic E-state index is 8.43. The van der Waals surface area contributed by atoms with Crippen LogP contribution in [0.25, 0.3) is 26.4 Å². The van der Waals surface area contributed by atoms with Gasteiger partial charge < -0.3 is 30.0 Å². The fraction of sp³-hybridized carbons (Fsp3) is 0.818. The van der Waals surface area contributed by atoms with Crippen LogP contribution in [0.4, 0.5) is 0 Å². The zero-order valence-electron chi connectivity index (χ0n) is 24.2. The third kappa shape index (κ3) is 10.3. The Bertz CT molecular complexity index is 962. The predicted molar refractivity (Wildman–Crippen MR) is 150 cm³/mol. The smallest absolute Gasteiger partial charge is 0.483 e. The third-order valence-electron chi connectivity index (χ3n) is 5.42. The molecule has 0 aromatic heterocycles. The van der Waals surface area contributed by atoms with E-state index in [1.54, 1.807) is 28.3 Å². The molecule has 0 saturated heterocycles. The first kappa shape index (κ1) is 38.1. The molecule has 208 valence electrons. The van der Waals surface area contributed by atoms with Crippen LogP contribution in [0.2, 0.25) is 0 Å². The monoisotopic (exact) mass is 608 g/mol. The molecule has 16 heteroatoms. The molecule has 0 aliphatic carbocycles. The minimum atomic E-state index is -0.794. The average molecular weight is 610 g/mol. The standard InChI is InChI=1S/C11H19BrN2O2.C11H19N5O2.N3.Na/c1-7(2)8-9(15-4)14-11(3,6-12)10(13-8)16-5;1-7(2)8-9(17-4)15-11(3,6-13-16-12)10(14-8)18-5;1-3-2;/h7-8H,6H2,1-5H3;7-8H,6H2,1-5H3;;/q;;-1;+1/t2*8-,11+;;/m11../s1. The van der Waals surface area contributed by atoms with Crippen molar-refractivity contribution < 1.29 is 48.5 Å². The van der Waals surface area contributed by atoms with Crippen LogP contribution in [0.5, 0.6) is 0 Å². The van der Waals surface area contributed by atoms with E-state index in [1.165, 1.54) is 12.0 Å². The zero-order chi connectivity index (χ0) is 28.8. The SMILES string of the molecule is COC1=N[C@@](C)(CBr)C(OC)=N[C@@H]1C(C)C.COC1=N[C@@](C)(CN=[N+]=[N-])C(OC)=N[C@@H]1C(C)C.[N-]=[N+]=[N-].[Na+]. The summed E-state index contributed by atoms with van der Waals surface area (Å²) in [6, 6.07) is -0.212. The molecule has 0 bridgehead atoms. The van der Waals surface area contributed by atoms with E-state index in [2.05, 4.69) is 59.8 Å². The van der Waals surface area contributed by atoms with Crippen molar-refractivity contribution in [2.45, 2.75) is 64.7 Å². The Labute approximate surface area is 255 Å². The molecule has 2 aliphatic rings. The molecule has 0 fully saturated rings. The molecular formula is C22H38BrN10NaO4. The van der Waals surface area contributed by atoms with Gasteiger partial charge in [-0.1, -0.05) is 48.7 Å². The first-order valence-electron chi connectivity index (χ1n) is 11.5. The molecule has 14 nitrogen and oxygen atoms in total. The Morgan fingerprint density at radius 2 is 1.18 bits per heavy atom. The summed E-state index contributed by atoms with van der Waals surface area (Å²) in [5.41, 5.74) is 20.7. The summed E-state index contributed by atoms with van der Waals surface area (Å²) in [6.45, 7) is 12.2. The van der Waals surface area contributed by atoms with E-state index in [4.69, 9.17) is 35.5 Å². The molecule has 0 spiro atoms. The normalized spacial score (nSPS) is 25.6. The number of hydrogen-bond donors (Lipinski definition) is 0. The number of methoxy groups -OCH3 is 4. The third-order valence-corrected chi connectivity index (χ3v) is 6.52. The van der Waals surface area contributed by atoms with E-state index >= 15 is 0 Å². The molecule has 0 amide bonds. The van der Waals surface area contributed by atoms with Crippen molar-refractivity contribution in [3.05, 3.63) is 26.4 Å². The number of alkyl halides is 1. The molecule has 0 unspecified atom stereocenters. The number of rotatable bonds is 5. The molecule has 2 aliphatic heterocycles. The quantitative estimate of drug-likeness (QED) is 0.152. The number of azide groups is 1. The van der Waals surface area contributed by atoms with Gasteiger partial charge in [0.25, 0.3) is 0 Å². The van der Waals surface area contributed by atoms with Crippen molar-refractivity contribution in [1.29, 1.82) is 0 Å². The Morgan fingerprint density at radius 3 is 1.47 bits per heavy atom. The summed E-state index contributed by atoms with van der Waals surface area (Å²) in [7, 11) is 6.37. The van der Waals surface area contributed by atoms with Gasteiger partial charge in [0.15, 0.2) is 0 Å². The summed E-state index contributed by atoms with van der Waals surface area (Å²) in [6.07, 6.45) is 0. The number of hydrogen-bond acceptors (Lipinski definition) is 9. The first-order valence-corrected chi connectivity index (χ1v) is 12.6. The van der Waals surface area contributed by atoms with Gasteiger partial charge in [-0.3, -0.25) is 4.91 Å². The molecule has 0 aromatic rings. The van der Waals surface area contributed by atoms with E-state index in [0.717, 1.165) is 0 Å². The molecule has 38 heavy (non-hydrogen) atoms. The van der Waals surface area contributed by atoms with E-state index in [0.29, 0.717) is 34.8 Å². The topological polar surface area (TPSA) is 194 Å². The van der Waals surface area contributed by atoms with Crippen LogP contribution in [0.3, 0.4) is 0 Å². The van der Waals surface area contributed by atoms with Crippen molar-refractivity contribution in [1.82, 2.24) is 0 Å². The molecule has 0 radical (unpaired) electrons. The maximum atomic E-state index is 8.43. The van der Waals surface area contributed by atoms with Gasteiger partial charge in [-0.05, 0) is 31.2 Å². The van der Waals surface area contributed by atoms with E-state index in [-0.39, 0.29) is 54.1 Å². The average Bonchev–Trinajstić information content (AvgIpc) is 2.87. The van der Waals surface area contributed by atoms with Gasteiger partial charge in [0.1, 0.15) is 23.2 Å². The van der Waals surface area contributed by atoms with Gasteiger partial charge in [0, 0.05) is 10.2 Å². The molecule has 2 rings (SSSR count). The first-order chi connectivity index (χ1) is 17.4. The van der Waals surface area contributed by atoms with Crippen LogP contribution in [0.1, 0.15) is 41.5 Å². The van der Waals surface area contributed by atoms with Gasteiger partial charge in [0.05, 0.1) is 35.0 Å². The summed E-state index contributed by atoms with van der Waals surface area (Å²) >= 11 is 3.44. The Hall–Kier alpha value is -2.02. The van der Waals surface area contributed by atoms with Crippen molar-refractivity contribution in [2.75, 3.05) is 40.3 Å². The van der Waals surface area contributed by atoms with Crippen molar-refractivity contribution in [2.24, 2.45) is 36.9 Å². The zero-order valence-corrected chi connectivity index (χ0v) is 27.8. The second kappa shape index (κ2) is 18.3. The second-order valence-corrected chi connectivity index (χ2v) is 9.68. The summed E-state index contributed by atoms with van der Waals surface area (Å²) in [5.74, 6) is 2.93.